The number of anilines is 2. The molecule has 5 atom stereocenters. The number of likely N-dealkylation sites (N-methyl/N-ethyl adjacent to an activating group) is 1. The van der Waals surface area contributed by atoms with Gasteiger partial charge in [0.1, 0.15) is 76.1 Å². The van der Waals surface area contributed by atoms with E-state index >= 15 is 4.79 Å². The molecule has 20 heteroatoms. The van der Waals surface area contributed by atoms with Crippen LogP contribution in [0.2, 0.25) is 0 Å². The van der Waals surface area contributed by atoms with Crippen molar-refractivity contribution >= 4 is 62.0 Å². The normalized spacial score (nSPS) is 21.1. The van der Waals surface area contributed by atoms with Crippen molar-refractivity contribution in [1.82, 2.24) is 35.4 Å². The number of ether oxygens (including phenoxy) is 3. The van der Waals surface area contributed by atoms with E-state index in [0.29, 0.717) is 60.8 Å². The van der Waals surface area contributed by atoms with Gasteiger partial charge in [0.05, 0.1) is 35.6 Å². The molecule has 0 radical (unpaired) electrons. The Kier molecular flexibility index (Phi) is 17.1. The number of aliphatic imine (C=N–C) groups is 1. The van der Waals surface area contributed by atoms with Gasteiger partial charge in [-0.25, -0.2) is 28.2 Å². The van der Waals surface area contributed by atoms with Gasteiger partial charge in [-0.15, -0.1) is 0 Å². The van der Waals surface area contributed by atoms with Crippen molar-refractivity contribution in [2.75, 3.05) is 43.4 Å². The van der Waals surface area contributed by atoms with Gasteiger partial charge in [-0.3, -0.25) is 24.3 Å². The summed E-state index contributed by atoms with van der Waals surface area (Å²) in [5.74, 6) is 1.33. The predicted molar refractivity (Wildman–Crippen MR) is 308 cm³/mol. The molecule has 80 heavy (non-hydrogen) atoms. The van der Waals surface area contributed by atoms with Crippen LogP contribution in [-0.4, -0.2) is 137 Å². The number of hydrogen-bond donors (Lipinski definition) is 3. The van der Waals surface area contributed by atoms with Crippen molar-refractivity contribution in [2.45, 2.75) is 185 Å². The molecule has 3 aliphatic heterocycles. The first-order chi connectivity index (χ1) is 37.9. The summed E-state index contributed by atoms with van der Waals surface area (Å²) in [6, 6.07) is 12.2. The number of aryl methyl sites for hydroxylation is 1. The number of aromatic nitrogens is 3. The van der Waals surface area contributed by atoms with E-state index in [4.69, 9.17) is 19.2 Å². The second-order valence-corrected chi connectivity index (χ2v) is 27.0. The largest absolute Gasteiger partial charge is 0.489 e. The SMILES string of the molecule is CC1=C(C)C(Nc2ncnc3cc(OC4CCN(c5ccc(O[C@H]6C[C@@H](C(=O)N[C@@H]7CCCc8ccccc87)N(C(=O)[C@@H](NC(=O)[C@H](C)N(C)C(=O)OC(C)(C)C)C7CCCCC7)C6)cn5)CC4)c(S(=O)(=O)C(C)(C)C)cc23)=NC1. The molecular weight excluding hydrogens is 1040 g/mol. The molecule has 5 heterocycles. The monoisotopic (exact) mass is 1120 g/mol. The number of sulfone groups is 1. The zero-order valence-corrected chi connectivity index (χ0v) is 49.0. The molecule has 4 aromatic rings. The van der Waals surface area contributed by atoms with Crippen LogP contribution < -0.4 is 30.3 Å². The highest BCUT2D eigenvalue weighted by Crippen LogP contribution is 2.39. The summed E-state index contributed by atoms with van der Waals surface area (Å²) in [7, 11) is -2.38. The minimum absolute atomic E-state index is 0.0779. The van der Waals surface area contributed by atoms with Gasteiger partial charge in [0.15, 0.2) is 9.84 Å². The highest BCUT2D eigenvalue weighted by molar-refractivity contribution is 7.92. The first-order valence-electron chi connectivity index (χ1n) is 28.5. The molecule has 4 amide bonds. The van der Waals surface area contributed by atoms with Gasteiger partial charge in [-0.05, 0) is 141 Å². The Labute approximate surface area is 471 Å². The van der Waals surface area contributed by atoms with Gasteiger partial charge in [-0.2, -0.15) is 0 Å². The van der Waals surface area contributed by atoms with Gasteiger partial charge in [0.2, 0.25) is 17.7 Å². The molecule has 3 fully saturated rings. The lowest BCUT2D eigenvalue weighted by atomic mass is 9.83. The molecule has 9 rings (SSSR count). The van der Waals surface area contributed by atoms with Gasteiger partial charge < -0.3 is 40.0 Å². The lowest BCUT2D eigenvalue weighted by Crippen LogP contribution is -2.59. The van der Waals surface area contributed by atoms with Gasteiger partial charge in [0.25, 0.3) is 0 Å². The van der Waals surface area contributed by atoms with Crippen LogP contribution in [0.3, 0.4) is 0 Å². The average Bonchev–Trinajstić information content (AvgIpc) is 4.06. The lowest BCUT2D eigenvalue weighted by molar-refractivity contribution is -0.143. The zero-order chi connectivity index (χ0) is 57.3. The molecule has 2 saturated heterocycles. The molecule has 0 spiro atoms. The van der Waals surface area contributed by atoms with Crippen LogP contribution in [0, 0.1) is 5.92 Å². The second kappa shape index (κ2) is 23.7. The van der Waals surface area contributed by atoms with Gasteiger partial charge in [-0.1, -0.05) is 43.5 Å². The Hall–Kier alpha value is -6.83. The van der Waals surface area contributed by atoms with Gasteiger partial charge >= 0.3 is 6.09 Å². The number of likely N-dealkylation sites (tertiary alicyclic amines) is 1. The summed E-state index contributed by atoms with van der Waals surface area (Å²) in [5.41, 5.74) is 4.22. The minimum Gasteiger partial charge on any atom is -0.489 e. The fourth-order valence-corrected chi connectivity index (χ4v) is 12.7. The van der Waals surface area contributed by atoms with Crippen LogP contribution in [0.15, 0.2) is 82.1 Å². The minimum atomic E-state index is -3.88. The predicted octanol–water partition coefficient (Wildman–Crippen LogP) is 8.67. The number of benzene rings is 2. The van der Waals surface area contributed by atoms with Crippen LogP contribution in [0.25, 0.3) is 10.9 Å². The Bertz CT molecular complexity index is 3140. The summed E-state index contributed by atoms with van der Waals surface area (Å²) in [5, 5.41) is 10.2. The Morgan fingerprint density at radius 1 is 0.850 bits per heavy atom. The molecular formula is C60H80N10O9S. The van der Waals surface area contributed by atoms with Crippen LogP contribution >= 0.6 is 0 Å². The highest BCUT2D eigenvalue weighted by atomic mass is 32.2. The molecule has 1 saturated carbocycles. The Morgan fingerprint density at radius 2 is 1.59 bits per heavy atom. The molecule has 19 nitrogen and oxygen atoms in total. The third-order valence-corrected chi connectivity index (χ3v) is 19.0. The summed E-state index contributed by atoms with van der Waals surface area (Å²) in [4.78, 5) is 80.4. The molecule has 5 aliphatic rings. The van der Waals surface area contributed by atoms with E-state index in [2.05, 4.69) is 47.9 Å². The maximum absolute atomic E-state index is 15.2. The molecule has 0 bridgehead atoms. The number of piperidine rings is 1. The van der Waals surface area contributed by atoms with E-state index in [1.807, 2.05) is 38.1 Å². The van der Waals surface area contributed by atoms with Crippen LogP contribution in [0.5, 0.6) is 11.5 Å². The average molecular weight is 1120 g/mol. The van der Waals surface area contributed by atoms with Gasteiger partial charge in [0, 0.05) is 50.9 Å². The first-order valence-corrected chi connectivity index (χ1v) is 29.9. The van der Waals surface area contributed by atoms with Crippen molar-refractivity contribution in [3.63, 3.8) is 0 Å². The van der Waals surface area contributed by atoms with Crippen molar-refractivity contribution < 1.29 is 41.8 Å². The summed E-state index contributed by atoms with van der Waals surface area (Å²) < 4.78 is 46.1. The zero-order valence-electron chi connectivity index (χ0n) is 48.1. The molecule has 2 aromatic heterocycles. The number of fused-ring (bicyclic) bond motifs is 2. The number of hydrogen-bond acceptors (Lipinski definition) is 15. The molecule has 0 unspecified atom stereocenters. The number of carbonyl (C=O) groups is 4. The third-order valence-electron chi connectivity index (χ3n) is 16.4. The number of rotatable bonds is 14. The first kappa shape index (κ1) is 57.8. The van der Waals surface area contributed by atoms with E-state index in [0.717, 1.165) is 73.9 Å². The maximum Gasteiger partial charge on any atom is 0.410 e. The number of amides is 4. The van der Waals surface area contributed by atoms with Crippen LogP contribution in [0.1, 0.15) is 144 Å². The number of pyridine rings is 1. The van der Waals surface area contributed by atoms with Crippen molar-refractivity contribution in [1.29, 1.82) is 0 Å². The Balaban J connectivity index is 0.892. The van der Waals surface area contributed by atoms with Crippen LogP contribution in [-0.2, 0) is 35.4 Å². The Morgan fingerprint density at radius 3 is 2.26 bits per heavy atom. The smallest absolute Gasteiger partial charge is 0.410 e. The summed E-state index contributed by atoms with van der Waals surface area (Å²) in [6.07, 6.45) is 9.93. The fraction of sp³-hybridized carbons (Fsp3) is 0.567. The second-order valence-electron chi connectivity index (χ2n) is 24.3. The molecule has 3 N–H and O–H groups in total. The van der Waals surface area contributed by atoms with Crippen molar-refractivity contribution in [3.05, 3.63) is 83.3 Å². The van der Waals surface area contributed by atoms with E-state index < -0.39 is 56.4 Å². The third kappa shape index (κ3) is 12.8. The standard InChI is InChI=1S/C60H80N10O9S/c1-36-32-62-53(37(36)2)67-54-45-30-50(80(75,76)60(7,8)9)49(31-47(45)63-35-64-54)78-41-25-27-69(28-26-41)51-24-23-42(33-61-51)77-43-29-48(56(72)65-46-22-16-20-39-17-14-15-21-44(39)46)70(34-43)57(73)52(40-18-12-11-13-19-40)66-55(71)38(3)68(10)58(74)79-59(4,5)6/h14-15,17,21,23-24,30-31,33,35,38,40-41,43,46,48,52H,11-13,16,18-20,22,25-29,32,34H2,1-10H3,(H,65,72)(H,66,71)(H,62,63,64,67)/t38-,43-,46+,48-,52-/m0/s1. The van der Waals surface area contributed by atoms with E-state index in [1.165, 1.54) is 23.8 Å². The van der Waals surface area contributed by atoms with E-state index in [-0.39, 0.29) is 53.5 Å². The fourth-order valence-electron chi connectivity index (χ4n) is 11.4. The van der Waals surface area contributed by atoms with Crippen molar-refractivity contribution in [2.24, 2.45) is 10.9 Å². The number of nitrogens with one attached hydrogen (secondary N) is 3. The number of carbonyl (C=O) groups excluding carboxylic acids is 4. The van der Waals surface area contributed by atoms with E-state index in [1.54, 1.807) is 71.7 Å². The summed E-state index contributed by atoms with van der Waals surface area (Å²) >= 11 is 0. The number of nitrogens with zero attached hydrogens (tertiary/aromatic N) is 7. The maximum atomic E-state index is 15.2. The summed E-state index contributed by atoms with van der Waals surface area (Å²) in [6.45, 7) is 17.8. The van der Waals surface area contributed by atoms with Crippen molar-refractivity contribution in [3.8, 4) is 11.5 Å². The van der Waals surface area contributed by atoms with Crippen LogP contribution in [0.4, 0.5) is 16.4 Å². The molecule has 430 valence electrons. The molecule has 2 aromatic carbocycles. The highest BCUT2D eigenvalue weighted by Gasteiger charge is 2.46. The molecule has 2 aliphatic carbocycles. The topological polar surface area (TPSA) is 227 Å². The van der Waals surface area contributed by atoms with E-state index in [9.17, 15) is 22.8 Å². The quantitative estimate of drug-likeness (QED) is 0.107. The number of amidine groups is 1. The lowest BCUT2D eigenvalue weighted by Gasteiger charge is -2.36.